The summed E-state index contributed by atoms with van der Waals surface area (Å²) >= 11 is 0. The van der Waals surface area contributed by atoms with Gasteiger partial charge in [-0.25, -0.2) is 9.97 Å². The van der Waals surface area contributed by atoms with E-state index in [1.807, 2.05) is 14.0 Å². The van der Waals surface area contributed by atoms with Crippen LogP contribution in [0.15, 0.2) is 6.07 Å². The first kappa shape index (κ1) is 16.4. The lowest BCUT2D eigenvalue weighted by molar-refractivity contribution is 0.0787. The summed E-state index contributed by atoms with van der Waals surface area (Å²) in [6.45, 7) is 8.92. The molecule has 5 nitrogen and oxygen atoms in total. The number of anilines is 1. The van der Waals surface area contributed by atoms with Crippen LogP contribution in [0.3, 0.4) is 0 Å². The van der Waals surface area contributed by atoms with Gasteiger partial charge in [0.1, 0.15) is 5.69 Å². The Kier molecular flexibility index (Phi) is 6.42. The summed E-state index contributed by atoms with van der Waals surface area (Å²) in [6.07, 6.45) is 3.06. The van der Waals surface area contributed by atoms with Crippen LogP contribution in [0.2, 0.25) is 0 Å². The van der Waals surface area contributed by atoms with Crippen molar-refractivity contribution in [2.24, 2.45) is 0 Å². The van der Waals surface area contributed by atoms with E-state index >= 15 is 0 Å². The van der Waals surface area contributed by atoms with Gasteiger partial charge in [-0.05, 0) is 32.8 Å². The Morgan fingerprint density at radius 3 is 2.70 bits per heavy atom. The Morgan fingerprint density at radius 2 is 2.10 bits per heavy atom. The van der Waals surface area contributed by atoms with Crippen molar-refractivity contribution in [2.75, 3.05) is 18.9 Å². The molecule has 112 valence electrons. The van der Waals surface area contributed by atoms with Crippen molar-refractivity contribution in [2.45, 2.75) is 53.0 Å². The van der Waals surface area contributed by atoms with Gasteiger partial charge in [-0.2, -0.15) is 0 Å². The predicted octanol–water partition coefficient (Wildman–Crippen LogP) is 2.87. The van der Waals surface area contributed by atoms with Gasteiger partial charge >= 0.3 is 0 Å². The summed E-state index contributed by atoms with van der Waals surface area (Å²) in [4.78, 5) is 22.7. The van der Waals surface area contributed by atoms with E-state index in [1.165, 1.54) is 0 Å². The molecule has 0 aliphatic heterocycles. The summed E-state index contributed by atoms with van der Waals surface area (Å²) in [5.74, 6) is 0.489. The number of aryl methyl sites for hydroxylation is 1. The highest BCUT2D eigenvalue weighted by Gasteiger charge is 2.15. The maximum Gasteiger partial charge on any atom is 0.272 e. The molecule has 0 saturated heterocycles. The minimum Gasteiger partial charge on any atom is -0.352 e. The third-order valence-corrected chi connectivity index (χ3v) is 3.25. The van der Waals surface area contributed by atoms with Crippen LogP contribution in [0, 0.1) is 6.92 Å². The number of nitrogens with one attached hydrogen (secondary N) is 1. The van der Waals surface area contributed by atoms with Crippen LogP contribution in [0.4, 0.5) is 5.95 Å². The summed E-state index contributed by atoms with van der Waals surface area (Å²) in [5, 5.41) is 3.22. The Bertz CT molecular complexity index is 447. The van der Waals surface area contributed by atoms with Crippen LogP contribution >= 0.6 is 0 Å². The molecule has 1 atom stereocenters. The highest BCUT2D eigenvalue weighted by Crippen LogP contribution is 2.09. The molecule has 1 aromatic heterocycles. The topological polar surface area (TPSA) is 58.1 Å². The van der Waals surface area contributed by atoms with Crippen molar-refractivity contribution in [1.82, 2.24) is 14.9 Å². The standard InChI is InChI=1S/C15H26N4O/c1-6-8-9-19(5)14(20)13-10-12(4)17-15(18-13)16-11(3)7-2/h10-11H,6-9H2,1-5H3,(H,16,17,18). The van der Waals surface area contributed by atoms with Gasteiger partial charge in [0.05, 0.1) is 0 Å². The molecule has 1 aromatic rings. The van der Waals surface area contributed by atoms with Crippen molar-refractivity contribution < 1.29 is 4.79 Å². The van der Waals surface area contributed by atoms with Gasteiger partial charge in [-0.3, -0.25) is 4.79 Å². The van der Waals surface area contributed by atoms with E-state index < -0.39 is 0 Å². The van der Waals surface area contributed by atoms with Gasteiger partial charge in [0.15, 0.2) is 0 Å². The highest BCUT2D eigenvalue weighted by molar-refractivity contribution is 5.92. The number of aromatic nitrogens is 2. The first-order valence-corrected chi connectivity index (χ1v) is 7.35. The molecule has 0 bridgehead atoms. The van der Waals surface area contributed by atoms with Gasteiger partial charge in [-0.1, -0.05) is 20.3 Å². The zero-order valence-corrected chi connectivity index (χ0v) is 13.2. The van der Waals surface area contributed by atoms with Crippen LogP contribution in [0.25, 0.3) is 0 Å². The van der Waals surface area contributed by atoms with E-state index in [1.54, 1.807) is 11.0 Å². The fraction of sp³-hybridized carbons (Fsp3) is 0.667. The summed E-state index contributed by atoms with van der Waals surface area (Å²) in [7, 11) is 1.82. The summed E-state index contributed by atoms with van der Waals surface area (Å²) < 4.78 is 0. The molecule has 1 amide bonds. The van der Waals surface area contributed by atoms with E-state index in [2.05, 4.69) is 36.1 Å². The van der Waals surface area contributed by atoms with Crippen LogP contribution in [-0.4, -0.2) is 40.4 Å². The molecule has 1 N–H and O–H groups in total. The van der Waals surface area contributed by atoms with Crippen molar-refractivity contribution in [3.05, 3.63) is 17.5 Å². The average molecular weight is 278 g/mol. The van der Waals surface area contributed by atoms with Crippen LogP contribution < -0.4 is 5.32 Å². The second kappa shape index (κ2) is 7.82. The Labute approximate surface area is 121 Å². The third-order valence-electron chi connectivity index (χ3n) is 3.25. The molecular formula is C15H26N4O. The van der Waals surface area contributed by atoms with Gasteiger partial charge in [-0.15, -0.1) is 0 Å². The normalized spacial score (nSPS) is 12.1. The number of carbonyl (C=O) groups excluding carboxylic acids is 1. The highest BCUT2D eigenvalue weighted by atomic mass is 16.2. The lowest BCUT2D eigenvalue weighted by atomic mass is 10.2. The number of nitrogens with zero attached hydrogens (tertiary/aromatic N) is 3. The molecule has 1 unspecified atom stereocenters. The molecule has 0 fully saturated rings. The molecule has 0 aliphatic rings. The second-order valence-electron chi connectivity index (χ2n) is 5.25. The molecule has 0 spiro atoms. The fourth-order valence-corrected chi connectivity index (χ4v) is 1.76. The molecule has 0 aliphatic carbocycles. The molecule has 1 heterocycles. The number of hydrogen-bond donors (Lipinski definition) is 1. The largest absolute Gasteiger partial charge is 0.352 e. The number of rotatable bonds is 7. The van der Waals surface area contributed by atoms with Gasteiger partial charge < -0.3 is 10.2 Å². The molecule has 0 saturated carbocycles. The Balaban J connectivity index is 2.86. The lowest BCUT2D eigenvalue weighted by Gasteiger charge is -2.17. The molecule has 0 aromatic carbocycles. The first-order valence-electron chi connectivity index (χ1n) is 7.35. The molecule has 1 rings (SSSR count). The maximum atomic E-state index is 12.3. The number of hydrogen-bond acceptors (Lipinski definition) is 4. The Morgan fingerprint density at radius 1 is 1.40 bits per heavy atom. The van der Waals surface area contributed by atoms with Crippen molar-refractivity contribution in [1.29, 1.82) is 0 Å². The Hall–Kier alpha value is -1.65. The summed E-state index contributed by atoms with van der Waals surface area (Å²) in [6, 6.07) is 2.03. The summed E-state index contributed by atoms with van der Waals surface area (Å²) in [5.41, 5.74) is 1.26. The lowest BCUT2D eigenvalue weighted by Crippen LogP contribution is -2.29. The van der Waals surface area contributed by atoms with Crippen molar-refractivity contribution in [3.8, 4) is 0 Å². The SMILES string of the molecule is CCCCN(C)C(=O)c1cc(C)nc(NC(C)CC)n1. The van der Waals surface area contributed by atoms with E-state index in [0.717, 1.165) is 31.5 Å². The number of carbonyl (C=O) groups is 1. The monoisotopic (exact) mass is 278 g/mol. The third kappa shape index (κ3) is 4.79. The van der Waals surface area contributed by atoms with Crippen LogP contribution in [-0.2, 0) is 0 Å². The molecule has 20 heavy (non-hydrogen) atoms. The minimum atomic E-state index is -0.0452. The first-order chi connectivity index (χ1) is 9.47. The van der Waals surface area contributed by atoms with Crippen LogP contribution in [0.5, 0.6) is 0 Å². The second-order valence-corrected chi connectivity index (χ2v) is 5.25. The number of unbranched alkanes of at least 4 members (excludes halogenated alkanes) is 1. The van der Waals surface area contributed by atoms with E-state index in [9.17, 15) is 4.79 Å². The molecule has 5 heteroatoms. The predicted molar refractivity (Wildman–Crippen MR) is 82.0 cm³/mol. The van der Waals surface area contributed by atoms with Gasteiger partial charge in [0.25, 0.3) is 5.91 Å². The van der Waals surface area contributed by atoms with E-state index in [4.69, 9.17) is 0 Å². The number of amides is 1. The zero-order chi connectivity index (χ0) is 15.1. The molecule has 0 radical (unpaired) electrons. The van der Waals surface area contributed by atoms with Crippen LogP contribution in [0.1, 0.15) is 56.2 Å². The van der Waals surface area contributed by atoms with Gasteiger partial charge in [0, 0.05) is 25.3 Å². The smallest absolute Gasteiger partial charge is 0.272 e. The van der Waals surface area contributed by atoms with Crippen molar-refractivity contribution >= 4 is 11.9 Å². The zero-order valence-electron chi connectivity index (χ0n) is 13.2. The van der Waals surface area contributed by atoms with Gasteiger partial charge in [0.2, 0.25) is 5.95 Å². The average Bonchev–Trinajstić information content (AvgIpc) is 2.43. The molecular weight excluding hydrogens is 252 g/mol. The minimum absolute atomic E-state index is 0.0452. The fourth-order valence-electron chi connectivity index (χ4n) is 1.76. The van der Waals surface area contributed by atoms with Crippen molar-refractivity contribution in [3.63, 3.8) is 0 Å². The van der Waals surface area contributed by atoms with E-state index in [0.29, 0.717) is 11.6 Å². The maximum absolute atomic E-state index is 12.3. The quantitative estimate of drug-likeness (QED) is 0.833. The van der Waals surface area contributed by atoms with E-state index in [-0.39, 0.29) is 11.9 Å².